The van der Waals surface area contributed by atoms with E-state index >= 15 is 0 Å². The summed E-state index contributed by atoms with van der Waals surface area (Å²) >= 11 is 0. The first-order chi connectivity index (χ1) is 12.3. The molecule has 0 spiro atoms. The van der Waals surface area contributed by atoms with Crippen molar-refractivity contribution in [3.05, 3.63) is 42.5 Å². The smallest absolute Gasteiger partial charge is 0.320 e. The summed E-state index contributed by atoms with van der Waals surface area (Å²) < 4.78 is 7.89. The van der Waals surface area contributed by atoms with Gasteiger partial charge in [-0.25, -0.2) is 4.79 Å². The Morgan fingerprint density at radius 3 is 2.84 bits per heavy atom. The Morgan fingerprint density at radius 2 is 2.04 bits per heavy atom. The number of amides is 2. The molecule has 4 heterocycles. The SMILES string of the molecule is O=C(N1CCCC1)N1Cc2ccnn2CC(COc2cccnc2)C1. The van der Waals surface area contributed by atoms with Crippen LogP contribution in [0.1, 0.15) is 18.5 Å². The number of fused-ring (bicyclic) bond motifs is 1. The van der Waals surface area contributed by atoms with E-state index in [2.05, 4.69) is 10.1 Å². The average molecular weight is 341 g/mol. The number of aromatic nitrogens is 3. The zero-order chi connectivity index (χ0) is 17.1. The van der Waals surface area contributed by atoms with E-state index in [1.165, 1.54) is 0 Å². The molecule has 4 rings (SSSR count). The number of likely N-dealkylation sites (tertiary alicyclic amines) is 1. The predicted octanol–water partition coefficient (Wildman–Crippen LogP) is 2.00. The monoisotopic (exact) mass is 341 g/mol. The summed E-state index contributed by atoms with van der Waals surface area (Å²) in [7, 11) is 0. The largest absolute Gasteiger partial charge is 0.492 e. The first-order valence-corrected chi connectivity index (χ1v) is 8.87. The van der Waals surface area contributed by atoms with Crippen LogP contribution in [0.4, 0.5) is 4.79 Å². The van der Waals surface area contributed by atoms with Crippen molar-refractivity contribution in [3.8, 4) is 5.75 Å². The number of hydrogen-bond acceptors (Lipinski definition) is 4. The zero-order valence-electron chi connectivity index (χ0n) is 14.3. The molecule has 0 bridgehead atoms. The minimum atomic E-state index is 0.138. The van der Waals surface area contributed by atoms with Gasteiger partial charge in [0.1, 0.15) is 5.75 Å². The minimum Gasteiger partial charge on any atom is -0.492 e. The van der Waals surface area contributed by atoms with Crippen LogP contribution in [0.25, 0.3) is 0 Å². The number of carbonyl (C=O) groups excluding carboxylic acids is 1. The van der Waals surface area contributed by atoms with Crippen LogP contribution in [0, 0.1) is 5.92 Å². The Kier molecular flexibility index (Phi) is 4.54. The van der Waals surface area contributed by atoms with E-state index < -0.39 is 0 Å². The van der Waals surface area contributed by atoms with Crippen molar-refractivity contribution in [3.63, 3.8) is 0 Å². The Hall–Kier alpha value is -2.57. The van der Waals surface area contributed by atoms with Crippen molar-refractivity contribution >= 4 is 6.03 Å². The molecular formula is C18H23N5O2. The first kappa shape index (κ1) is 15.9. The molecule has 7 heteroatoms. The van der Waals surface area contributed by atoms with Gasteiger partial charge in [-0.2, -0.15) is 5.10 Å². The van der Waals surface area contributed by atoms with Crippen molar-refractivity contribution in [2.75, 3.05) is 26.2 Å². The van der Waals surface area contributed by atoms with E-state index in [1.807, 2.05) is 32.7 Å². The fourth-order valence-corrected chi connectivity index (χ4v) is 3.54. The highest BCUT2D eigenvalue weighted by Gasteiger charge is 2.29. The highest BCUT2D eigenvalue weighted by atomic mass is 16.5. The summed E-state index contributed by atoms with van der Waals surface area (Å²) in [6, 6.07) is 5.89. The van der Waals surface area contributed by atoms with E-state index in [1.54, 1.807) is 18.6 Å². The summed E-state index contributed by atoms with van der Waals surface area (Å²) in [6.07, 6.45) is 7.45. The maximum absolute atomic E-state index is 12.9. The molecule has 2 aliphatic rings. The molecule has 0 aromatic carbocycles. The second-order valence-corrected chi connectivity index (χ2v) is 6.73. The van der Waals surface area contributed by atoms with Gasteiger partial charge in [0.05, 0.1) is 25.0 Å². The van der Waals surface area contributed by atoms with Crippen LogP contribution >= 0.6 is 0 Å². The number of nitrogens with zero attached hydrogens (tertiary/aromatic N) is 5. The maximum Gasteiger partial charge on any atom is 0.320 e. The van der Waals surface area contributed by atoms with Gasteiger partial charge in [0, 0.05) is 44.5 Å². The first-order valence-electron chi connectivity index (χ1n) is 8.87. The Labute approximate surface area is 147 Å². The molecule has 7 nitrogen and oxygen atoms in total. The number of ether oxygens (including phenoxy) is 1. The van der Waals surface area contributed by atoms with Gasteiger partial charge in [0.25, 0.3) is 0 Å². The minimum absolute atomic E-state index is 0.138. The zero-order valence-corrected chi connectivity index (χ0v) is 14.3. The summed E-state index contributed by atoms with van der Waals surface area (Å²) in [5.41, 5.74) is 1.08. The van der Waals surface area contributed by atoms with Crippen molar-refractivity contribution in [1.82, 2.24) is 24.6 Å². The van der Waals surface area contributed by atoms with Crippen molar-refractivity contribution in [1.29, 1.82) is 0 Å². The Morgan fingerprint density at radius 1 is 1.16 bits per heavy atom. The molecule has 0 radical (unpaired) electrons. The summed E-state index contributed by atoms with van der Waals surface area (Å²) in [4.78, 5) is 20.9. The van der Waals surface area contributed by atoms with Crippen LogP contribution in [0.3, 0.4) is 0 Å². The fourth-order valence-electron chi connectivity index (χ4n) is 3.54. The lowest BCUT2D eigenvalue weighted by Crippen LogP contribution is -2.43. The fraction of sp³-hybridized carbons (Fsp3) is 0.500. The lowest BCUT2D eigenvalue weighted by molar-refractivity contribution is 0.140. The van der Waals surface area contributed by atoms with Gasteiger partial charge in [-0.15, -0.1) is 0 Å². The van der Waals surface area contributed by atoms with Gasteiger partial charge in [-0.3, -0.25) is 9.67 Å². The number of rotatable bonds is 3. The Bertz CT molecular complexity index is 711. The molecule has 1 atom stereocenters. The van der Waals surface area contributed by atoms with Crippen LogP contribution in [0.5, 0.6) is 5.75 Å². The lowest BCUT2D eigenvalue weighted by Gasteiger charge is -2.28. The highest BCUT2D eigenvalue weighted by molar-refractivity contribution is 5.74. The average Bonchev–Trinajstić information content (AvgIpc) is 3.29. The molecular weight excluding hydrogens is 318 g/mol. The molecule has 1 saturated heterocycles. The molecule has 132 valence electrons. The predicted molar refractivity (Wildman–Crippen MR) is 92.1 cm³/mol. The molecule has 2 amide bonds. The Balaban J connectivity index is 1.48. The van der Waals surface area contributed by atoms with Crippen molar-refractivity contribution < 1.29 is 9.53 Å². The molecule has 0 saturated carbocycles. The third-order valence-electron chi connectivity index (χ3n) is 4.83. The van der Waals surface area contributed by atoms with Crippen molar-refractivity contribution in [2.45, 2.75) is 25.9 Å². The maximum atomic E-state index is 12.9. The standard InChI is InChI=1S/C18H23N5O2/c24-18(21-8-1-2-9-21)22-11-15(12-23-16(13-22)5-7-20-23)14-25-17-4-3-6-19-10-17/h3-7,10,15H,1-2,8-9,11-14H2. The summed E-state index contributed by atoms with van der Waals surface area (Å²) in [6.45, 7) is 4.32. The van der Waals surface area contributed by atoms with Gasteiger partial charge in [-0.05, 0) is 31.0 Å². The quantitative estimate of drug-likeness (QED) is 0.857. The number of hydrogen-bond donors (Lipinski definition) is 0. The molecule has 0 N–H and O–H groups in total. The van der Waals surface area contributed by atoms with Gasteiger partial charge >= 0.3 is 6.03 Å². The second-order valence-electron chi connectivity index (χ2n) is 6.73. The van der Waals surface area contributed by atoms with E-state index in [0.29, 0.717) is 19.7 Å². The molecule has 0 aliphatic carbocycles. The second kappa shape index (κ2) is 7.13. The van der Waals surface area contributed by atoms with Gasteiger partial charge < -0.3 is 14.5 Å². The van der Waals surface area contributed by atoms with Crippen LogP contribution < -0.4 is 4.74 Å². The summed E-state index contributed by atoms with van der Waals surface area (Å²) in [5.74, 6) is 0.942. The third-order valence-corrected chi connectivity index (χ3v) is 4.83. The molecule has 25 heavy (non-hydrogen) atoms. The van der Waals surface area contributed by atoms with E-state index in [4.69, 9.17) is 4.74 Å². The highest BCUT2D eigenvalue weighted by Crippen LogP contribution is 2.20. The van der Waals surface area contributed by atoms with E-state index in [-0.39, 0.29) is 11.9 Å². The van der Waals surface area contributed by atoms with Crippen LogP contribution in [-0.2, 0) is 13.1 Å². The van der Waals surface area contributed by atoms with Gasteiger partial charge in [0.2, 0.25) is 0 Å². The molecule has 2 aromatic heterocycles. The molecule has 2 aliphatic heterocycles. The van der Waals surface area contributed by atoms with Crippen LogP contribution in [0.2, 0.25) is 0 Å². The number of carbonyl (C=O) groups is 1. The summed E-state index contributed by atoms with van der Waals surface area (Å²) in [5, 5.41) is 4.41. The molecule has 1 unspecified atom stereocenters. The number of pyridine rings is 1. The van der Waals surface area contributed by atoms with E-state index in [0.717, 1.165) is 43.9 Å². The lowest BCUT2D eigenvalue weighted by atomic mass is 10.1. The normalized spacial score (nSPS) is 20.2. The molecule has 1 fully saturated rings. The van der Waals surface area contributed by atoms with Gasteiger partial charge in [-0.1, -0.05) is 0 Å². The van der Waals surface area contributed by atoms with Gasteiger partial charge in [0.15, 0.2) is 0 Å². The van der Waals surface area contributed by atoms with Crippen LogP contribution in [0.15, 0.2) is 36.8 Å². The topological polar surface area (TPSA) is 63.5 Å². The van der Waals surface area contributed by atoms with Crippen LogP contribution in [-0.4, -0.2) is 56.8 Å². The number of urea groups is 1. The van der Waals surface area contributed by atoms with E-state index in [9.17, 15) is 4.79 Å². The molecule has 2 aromatic rings. The third kappa shape index (κ3) is 3.60. The van der Waals surface area contributed by atoms with Crippen molar-refractivity contribution in [2.24, 2.45) is 5.92 Å².